The molecule has 8 nitrogen and oxygen atoms in total. The predicted octanol–water partition coefficient (Wildman–Crippen LogP) is 3.39. The van der Waals surface area contributed by atoms with Gasteiger partial charge in [-0.1, -0.05) is 24.3 Å². The van der Waals surface area contributed by atoms with Crippen molar-refractivity contribution in [2.75, 3.05) is 26.2 Å². The zero-order valence-corrected chi connectivity index (χ0v) is 20.0. The van der Waals surface area contributed by atoms with Crippen molar-refractivity contribution in [3.05, 3.63) is 64.7 Å². The van der Waals surface area contributed by atoms with Crippen LogP contribution in [-0.4, -0.2) is 58.1 Å². The first-order valence-corrected chi connectivity index (χ1v) is 12.9. The third-order valence-corrected chi connectivity index (χ3v) is 8.55. The minimum Gasteiger partial charge on any atom is -0.297 e. The maximum absolute atomic E-state index is 14.5. The number of rotatable bonds is 6. The molecule has 0 atom stereocenters. The number of hydrogen-bond donors (Lipinski definition) is 0. The van der Waals surface area contributed by atoms with Gasteiger partial charge in [0.15, 0.2) is 10.6 Å². The Balaban J connectivity index is 1.34. The van der Waals surface area contributed by atoms with E-state index in [1.54, 1.807) is 35.0 Å². The molecule has 3 aromatic rings. The predicted molar refractivity (Wildman–Crippen MR) is 126 cm³/mol. The van der Waals surface area contributed by atoms with Gasteiger partial charge in [0.2, 0.25) is 10.0 Å². The summed E-state index contributed by atoms with van der Waals surface area (Å²) >= 11 is 5.69. The third kappa shape index (κ3) is 4.18. The maximum atomic E-state index is 14.5. The SMILES string of the molecule is N#Cc1ccccc1S(=O)(=O)N1CCN(Cn2nc(-c3ccccc3F)n(C3CC3)c2=S)CC1. The molecule has 5 rings (SSSR count). The molecular weight excluding hydrogens is 475 g/mol. The van der Waals surface area contributed by atoms with Crippen LogP contribution in [0.4, 0.5) is 4.39 Å². The van der Waals surface area contributed by atoms with Crippen molar-refractivity contribution in [3.63, 3.8) is 0 Å². The Hall–Kier alpha value is -2.91. The highest BCUT2D eigenvalue weighted by Crippen LogP contribution is 2.39. The highest BCUT2D eigenvalue weighted by molar-refractivity contribution is 7.89. The van der Waals surface area contributed by atoms with Crippen molar-refractivity contribution in [2.24, 2.45) is 0 Å². The third-order valence-electron chi connectivity index (χ3n) is 6.19. The number of hydrogen-bond acceptors (Lipinski definition) is 6. The molecular formula is C23H23FN6O2S2. The summed E-state index contributed by atoms with van der Waals surface area (Å²) in [6.45, 7) is 1.95. The Kier molecular flexibility index (Phi) is 6.07. The number of sulfonamides is 1. The summed E-state index contributed by atoms with van der Waals surface area (Å²) in [6, 6.07) is 15.0. The van der Waals surface area contributed by atoms with Gasteiger partial charge in [0.25, 0.3) is 0 Å². The first kappa shape index (κ1) is 22.9. The average molecular weight is 499 g/mol. The van der Waals surface area contributed by atoms with Crippen LogP contribution in [0.3, 0.4) is 0 Å². The molecule has 0 spiro atoms. The highest BCUT2D eigenvalue weighted by Gasteiger charge is 2.32. The van der Waals surface area contributed by atoms with Gasteiger partial charge in [-0.25, -0.2) is 17.5 Å². The number of piperazine rings is 1. The number of aromatic nitrogens is 3. The van der Waals surface area contributed by atoms with Crippen LogP contribution < -0.4 is 0 Å². The summed E-state index contributed by atoms with van der Waals surface area (Å²) in [5, 5.41) is 14.0. The van der Waals surface area contributed by atoms with Crippen LogP contribution in [-0.2, 0) is 16.7 Å². The van der Waals surface area contributed by atoms with Gasteiger partial charge in [-0.3, -0.25) is 9.47 Å². The Morgan fingerprint density at radius 3 is 2.41 bits per heavy atom. The van der Waals surface area contributed by atoms with E-state index >= 15 is 0 Å². The maximum Gasteiger partial charge on any atom is 0.244 e. The van der Waals surface area contributed by atoms with Crippen molar-refractivity contribution >= 4 is 22.2 Å². The van der Waals surface area contributed by atoms with Crippen LogP contribution in [0.25, 0.3) is 11.4 Å². The molecule has 1 saturated carbocycles. The largest absolute Gasteiger partial charge is 0.297 e. The lowest BCUT2D eigenvalue weighted by atomic mass is 10.2. The van der Waals surface area contributed by atoms with E-state index in [0.29, 0.717) is 49.0 Å². The van der Waals surface area contributed by atoms with Gasteiger partial charge in [-0.05, 0) is 49.3 Å². The molecule has 0 radical (unpaired) electrons. The van der Waals surface area contributed by atoms with E-state index in [4.69, 9.17) is 12.2 Å². The minimum absolute atomic E-state index is 0.0332. The van der Waals surface area contributed by atoms with Crippen molar-refractivity contribution in [1.82, 2.24) is 23.6 Å². The summed E-state index contributed by atoms with van der Waals surface area (Å²) in [5.41, 5.74) is 0.564. The fourth-order valence-electron chi connectivity index (χ4n) is 4.22. The molecule has 0 N–H and O–H groups in total. The molecule has 0 bridgehead atoms. The van der Waals surface area contributed by atoms with Gasteiger partial charge in [0, 0.05) is 32.2 Å². The summed E-state index contributed by atoms with van der Waals surface area (Å²) < 4.78 is 46.3. The van der Waals surface area contributed by atoms with E-state index in [2.05, 4.69) is 10.00 Å². The number of benzene rings is 2. The molecule has 2 fully saturated rings. The highest BCUT2D eigenvalue weighted by atomic mass is 32.2. The molecule has 0 unspecified atom stereocenters. The molecule has 1 aliphatic heterocycles. The molecule has 2 heterocycles. The van der Waals surface area contributed by atoms with Crippen LogP contribution >= 0.6 is 12.2 Å². The zero-order valence-electron chi connectivity index (χ0n) is 18.3. The summed E-state index contributed by atoms with van der Waals surface area (Å²) in [6.07, 6.45) is 1.98. The first-order valence-electron chi connectivity index (χ1n) is 11.1. The average Bonchev–Trinajstić information content (AvgIpc) is 3.64. The molecule has 2 aromatic carbocycles. The molecule has 34 heavy (non-hydrogen) atoms. The number of nitriles is 1. The van der Waals surface area contributed by atoms with Crippen molar-refractivity contribution < 1.29 is 12.8 Å². The smallest absolute Gasteiger partial charge is 0.244 e. The molecule has 11 heteroatoms. The van der Waals surface area contributed by atoms with Crippen molar-refractivity contribution in [2.45, 2.75) is 30.4 Å². The lowest BCUT2D eigenvalue weighted by molar-refractivity contribution is 0.144. The van der Waals surface area contributed by atoms with Gasteiger partial charge < -0.3 is 0 Å². The molecule has 1 saturated heterocycles. The Morgan fingerprint density at radius 2 is 1.74 bits per heavy atom. The minimum atomic E-state index is -3.76. The van der Waals surface area contributed by atoms with Crippen LogP contribution in [0.15, 0.2) is 53.4 Å². The van der Waals surface area contributed by atoms with E-state index in [-0.39, 0.29) is 22.3 Å². The number of halogens is 1. The molecule has 2 aliphatic rings. The standard InChI is InChI=1S/C23H23FN6O2S2/c24-20-7-3-2-6-19(20)22-26-29(23(33)30(22)18-9-10-18)16-27-11-13-28(14-12-27)34(31,32)21-8-4-1-5-17(21)15-25/h1-8,18H,9-14,16H2. The molecule has 1 aromatic heterocycles. The van der Waals surface area contributed by atoms with E-state index < -0.39 is 10.0 Å². The van der Waals surface area contributed by atoms with Gasteiger partial charge in [-0.2, -0.15) is 14.7 Å². The zero-order chi connectivity index (χ0) is 23.9. The second-order valence-corrected chi connectivity index (χ2v) is 10.7. The van der Waals surface area contributed by atoms with E-state index in [1.807, 2.05) is 10.6 Å². The number of nitrogens with zero attached hydrogens (tertiary/aromatic N) is 6. The lowest BCUT2D eigenvalue weighted by Crippen LogP contribution is -2.49. The fraction of sp³-hybridized carbons (Fsp3) is 0.348. The molecule has 1 aliphatic carbocycles. The monoisotopic (exact) mass is 498 g/mol. The topological polar surface area (TPSA) is 87.2 Å². The second-order valence-electron chi connectivity index (χ2n) is 8.46. The lowest BCUT2D eigenvalue weighted by Gasteiger charge is -2.33. The fourth-order valence-corrected chi connectivity index (χ4v) is 6.12. The van der Waals surface area contributed by atoms with Crippen LogP contribution in [0.2, 0.25) is 0 Å². The normalized spacial score (nSPS) is 17.5. The van der Waals surface area contributed by atoms with E-state index in [0.717, 1.165) is 12.8 Å². The van der Waals surface area contributed by atoms with E-state index in [9.17, 15) is 18.1 Å². The van der Waals surface area contributed by atoms with Gasteiger partial charge in [0.05, 0.1) is 22.7 Å². The van der Waals surface area contributed by atoms with Gasteiger partial charge >= 0.3 is 0 Å². The molecule has 176 valence electrons. The second kappa shape index (κ2) is 9.03. The Morgan fingerprint density at radius 1 is 1.06 bits per heavy atom. The van der Waals surface area contributed by atoms with Gasteiger partial charge in [0.1, 0.15) is 11.9 Å². The molecule has 0 amide bonds. The summed E-state index contributed by atoms with van der Waals surface area (Å²) in [4.78, 5) is 2.11. The summed E-state index contributed by atoms with van der Waals surface area (Å²) in [7, 11) is -3.76. The van der Waals surface area contributed by atoms with Crippen LogP contribution in [0.1, 0.15) is 24.4 Å². The van der Waals surface area contributed by atoms with Crippen LogP contribution in [0, 0.1) is 21.9 Å². The van der Waals surface area contributed by atoms with Crippen molar-refractivity contribution in [3.8, 4) is 17.5 Å². The Bertz CT molecular complexity index is 1430. The van der Waals surface area contributed by atoms with Crippen LogP contribution in [0.5, 0.6) is 0 Å². The van der Waals surface area contributed by atoms with E-state index in [1.165, 1.54) is 22.5 Å². The van der Waals surface area contributed by atoms with Gasteiger partial charge in [-0.15, -0.1) is 0 Å². The summed E-state index contributed by atoms with van der Waals surface area (Å²) in [5.74, 6) is 0.188. The Labute approximate surface area is 202 Å². The quantitative estimate of drug-likeness (QED) is 0.484. The first-order chi connectivity index (χ1) is 16.4. The van der Waals surface area contributed by atoms with Crippen molar-refractivity contribution in [1.29, 1.82) is 5.26 Å².